The maximum Gasteiger partial charge on any atom is 0.422 e. The van der Waals surface area contributed by atoms with E-state index in [1.807, 2.05) is 0 Å². The molecule has 0 aliphatic heterocycles. The first-order valence-electron chi connectivity index (χ1n) is 7.23. The predicted octanol–water partition coefficient (Wildman–Crippen LogP) is 4.71. The van der Waals surface area contributed by atoms with Crippen molar-refractivity contribution in [2.24, 2.45) is 0 Å². The Labute approximate surface area is 130 Å². The number of para-hydroxylation sites is 1. The summed E-state index contributed by atoms with van der Waals surface area (Å²) >= 11 is 0. The number of aryl methyl sites for hydroxylation is 1. The van der Waals surface area contributed by atoms with Crippen LogP contribution in [0.1, 0.15) is 12.5 Å². The molecule has 0 spiro atoms. The van der Waals surface area contributed by atoms with Crippen LogP contribution in [0.15, 0.2) is 59.4 Å². The van der Waals surface area contributed by atoms with E-state index in [1.54, 1.807) is 60.0 Å². The van der Waals surface area contributed by atoms with E-state index in [9.17, 15) is 18.0 Å². The smallest absolute Gasteiger partial charge is 0.340 e. The molecule has 0 N–H and O–H groups in total. The Bertz CT molecular complexity index is 911. The summed E-state index contributed by atoms with van der Waals surface area (Å²) in [5.74, 6) is 0. The number of benzene rings is 2. The Morgan fingerprint density at radius 3 is 2.17 bits per heavy atom. The van der Waals surface area contributed by atoms with E-state index in [0.29, 0.717) is 17.6 Å². The standard InChI is InChI=1S/C18H14F3NO/c1-2-22-14-11-7-6-10-13(14)17(23)15(18(19,20)21)16(22)12-8-4-3-5-9-12/h3-11H,2H2,1H3. The molecule has 1 heterocycles. The van der Waals surface area contributed by atoms with Gasteiger partial charge in [-0.1, -0.05) is 42.5 Å². The molecule has 0 bridgehead atoms. The minimum atomic E-state index is -4.72. The molecule has 0 atom stereocenters. The molecule has 0 aliphatic rings. The lowest BCUT2D eigenvalue weighted by Crippen LogP contribution is -2.25. The number of alkyl halides is 3. The maximum atomic E-state index is 13.6. The van der Waals surface area contributed by atoms with Crippen LogP contribution < -0.4 is 5.43 Å². The average molecular weight is 317 g/mol. The summed E-state index contributed by atoms with van der Waals surface area (Å²) in [5.41, 5.74) is -1.28. The predicted molar refractivity (Wildman–Crippen MR) is 84.3 cm³/mol. The molecule has 0 radical (unpaired) electrons. The first kappa shape index (κ1) is 15.3. The molecule has 5 heteroatoms. The fraction of sp³-hybridized carbons (Fsp3) is 0.167. The molecule has 3 rings (SSSR count). The van der Waals surface area contributed by atoms with E-state index in [4.69, 9.17) is 0 Å². The molecule has 3 aromatic rings. The number of nitrogens with zero attached hydrogens (tertiary/aromatic N) is 1. The normalized spacial score (nSPS) is 11.8. The minimum Gasteiger partial charge on any atom is -0.340 e. The molecule has 0 unspecified atom stereocenters. The van der Waals surface area contributed by atoms with Gasteiger partial charge in [-0.2, -0.15) is 13.2 Å². The Balaban J connectivity index is 2.57. The summed E-state index contributed by atoms with van der Waals surface area (Å²) in [5, 5.41) is 0.0846. The van der Waals surface area contributed by atoms with Crippen molar-refractivity contribution in [1.29, 1.82) is 0 Å². The Hall–Kier alpha value is -2.56. The quantitative estimate of drug-likeness (QED) is 0.671. The Morgan fingerprint density at radius 2 is 1.57 bits per heavy atom. The first-order valence-corrected chi connectivity index (χ1v) is 7.23. The van der Waals surface area contributed by atoms with Crippen LogP contribution in [0.2, 0.25) is 0 Å². The third-order valence-electron chi connectivity index (χ3n) is 3.82. The number of halogens is 3. The monoisotopic (exact) mass is 317 g/mol. The molecule has 23 heavy (non-hydrogen) atoms. The van der Waals surface area contributed by atoms with Gasteiger partial charge < -0.3 is 4.57 Å². The van der Waals surface area contributed by atoms with Crippen LogP contribution in [-0.4, -0.2) is 4.57 Å². The second-order valence-electron chi connectivity index (χ2n) is 5.18. The van der Waals surface area contributed by atoms with Crippen LogP contribution in [0.4, 0.5) is 13.2 Å². The van der Waals surface area contributed by atoms with Crippen molar-refractivity contribution < 1.29 is 13.2 Å². The summed E-state index contributed by atoms with van der Waals surface area (Å²) < 4.78 is 42.4. The molecular weight excluding hydrogens is 303 g/mol. The lowest BCUT2D eigenvalue weighted by molar-refractivity contribution is -0.138. The first-order chi connectivity index (χ1) is 10.9. The largest absolute Gasteiger partial charge is 0.422 e. The third-order valence-corrected chi connectivity index (χ3v) is 3.82. The van der Waals surface area contributed by atoms with Crippen LogP contribution in [0.3, 0.4) is 0 Å². The lowest BCUT2D eigenvalue weighted by Gasteiger charge is -2.21. The van der Waals surface area contributed by atoms with Crippen molar-refractivity contribution in [3.63, 3.8) is 0 Å². The third kappa shape index (κ3) is 2.52. The van der Waals surface area contributed by atoms with E-state index in [0.717, 1.165) is 0 Å². The highest BCUT2D eigenvalue weighted by molar-refractivity contribution is 5.84. The summed E-state index contributed by atoms with van der Waals surface area (Å²) in [7, 11) is 0. The average Bonchev–Trinajstić information content (AvgIpc) is 2.54. The molecule has 0 saturated heterocycles. The molecule has 118 valence electrons. The number of rotatable bonds is 2. The molecule has 2 aromatic carbocycles. The van der Waals surface area contributed by atoms with Gasteiger partial charge in [-0.15, -0.1) is 0 Å². The van der Waals surface area contributed by atoms with Crippen molar-refractivity contribution in [3.8, 4) is 11.3 Å². The maximum absolute atomic E-state index is 13.6. The van der Waals surface area contributed by atoms with Gasteiger partial charge in [0, 0.05) is 11.9 Å². The highest BCUT2D eigenvalue weighted by atomic mass is 19.4. The van der Waals surface area contributed by atoms with Gasteiger partial charge in [0.05, 0.1) is 11.2 Å². The SMILES string of the molecule is CCn1c(-c2ccccc2)c(C(F)(F)F)c(=O)c2ccccc21. The van der Waals surface area contributed by atoms with Gasteiger partial charge in [0.2, 0.25) is 5.43 Å². The number of pyridine rings is 1. The second-order valence-corrected chi connectivity index (χ2v) is 5.18. The molecule has 0 saturated carbocycles. The molecular formula is C18H14F3NO. The summed E-state index contributed by atoms with van der Waals surface area (Å²) in [6.07, 6.45) is -4.72. The fourth-order valence-electron chi connectivity index (χ4n) is 2.89. The van der Waals surface area contributed by atoms with Gasteiger partial charge in [-0.3, -0.25) is 4.79 Å². The Morgan fingerprint density at radius 1 is 0.957 bits per heavy atom. The van der Waals surface area contributed by atoms with Crippen LogP contribution in [0.5, 0.6) is 0 Å². The minimum absolute atomic E-state index is 0.0794. The van der Waals surface area contributed by atoms with E-state index >= 15 is 0 Å². The fourth-order valence-corrected chi connectivity index (χ4v) is 2.89. The van der Waals surface area contributed by atoms with Gasteiger partial charge in [0.1, 0.15) is 5.56 Å². The lowest BCUT2D eigenvalue weighted by atomic mass is 10.0. The zero-order valence-electron chi connectivity index (χ0n) is 12.4. The van der Waals surface area contributed by atoms with E-state index in [-0.39, 0.29) is 11.1 Å². The summed E-state index contributed by atoms with van der Waals surface area (Å²) in [6.45, 7) is 2.09. The summed E-state index contributed by atoms with van der Waals surface area (Å²) in [4.78, 5) is 12.5. The molecule has 1 aromatic heterocycles. The van der Waals surface area contributed by atoms with Crippen molar-refractivity contribution >= 4 is 10.9 Å². The van der Waals surface area contributed by atoms with Crippen molar-refractivity contribution in [1.82, 2.24) is 4.57 Å². The van der Waals surface area contributed by atoms with Gasteiger partial charge in [0.15, 0.2) is 0 Å². The van der Waals surface area contributed by atoms with Gasteiger partial charge in [-0.05, 0) is 24.6 Å². The molecule has 0 fully saturated rings. The van der Waals surface area contributed by atoms with Gasteiger partial charge >= 0.3 is 6.18 Å². The van der Waals surface area contributed by atoms with E-state index in [2.05, 4.69) is 0 Å². The number of hydrogen-bond acceptors (Lipinski definition) is 1. The van der Waals surface area contributed by atoms with E-state index < -0.39 is 17.2 Å². The number of fused-ring (bicyclic) bond motifs is 1. The van der Waals surface area contributed by atoms with E-state index in [1.165, 1.54) is 6.07 Å². The molecule has 0 amide bonds. The topological polar surface area (TPSA) is 22.0 Å². The van der Waals surface area contributed by atoms with Crippen LogP contribution >= 0.6 is 0 Å². The zero-order valence-corrected chi connectivity index (χ0v) is 12.4. The molecule has 2 nitrogen and oxygen atoms in total. The van der Waals surface area contributed by atoms with Crippen LogP contribution in [0, 0.1) is 0 Å². The van der Waals surface area contributed by atoms with Crippen LogP contribution in [-0.2, 0) is 12.7 Å². The highest BCUT2D eigenvalue weighted by Gasteiger charge is 2.39. The van der Waals surface area contributed by atoms with Gasteiger partial charge in [0.25, 0.3) is 0 Å². The summed E-state index contributed by atoms with van der Waals surface area (Å²) in [6, 6.07) is 14.6. The Kier molecular flexibility index (Phi) is 3.72. The number of aromatic nitrogens is 1. The van der Waals surface area contributed by atoms with Crippen LogP contribution in [0.25, 0.3) is 22.2 Å². The highest BCUT2D eigenvalue weighted by Crippen LogP contribution is 2.36. The van der Waals surface area contributed by atoms with Crippen molar-refractivity contribution in [3.05, 3.63) is 70.4 Å². The van der Waals surface area contributed by atoms with Crippen molar-refractivity contribution in [2.75, 3.05) is 0 Å². The number of hydrogen-bond donors (Lipinski definition) is 0. The zero-order chi connectivity index (χ0) is 16.6. The second kappa shape index (κ2) is 5.57. The van der Waals surface area contributed by atoms with Crippen molar-refractivity contribution in [2.45, 2.75) is 19.6 Å². The van der Waals surface area contributed by atoms with Gasteiger partial charge in [-0.25, -0.2) is 0 Å². The molecule has 0 aliphatic carbocycles.